The molecule has 1 aromatic heterocycles. The minimum absolute atomic E-state index is 0.105. The lowest BCUT2D eigenvalue weighted by atomic mass is 10.1. The molecule has 3 aromatic carbocycles. The summed E-state index contributed by atoms with van der Waals surface area (Å²) in [5.74, 6) is 1.13. The van der Waals surface area contributed by atoms with Crippen molar-refractivity contribution < 1.29 is 9.53 Å². The predicted octanol–water partition coefficient (Wildman–Crippen LogP) is 6.69. The number of hydrogen-bond acceptors (Lipinski definition) is 5. The second-order valence-corrected chi connectivity index (χ2v) is 9.30. The van der Waals surface area contributed by atoms with Gasteiger partial charge in [-0.3, -0.25) is 9.69 Å². The molecule has 1 heterocycles. The van der Waals surface area contributed by atoms with Crippen molar-refractivity contribution in [2.45, 2.75) is 27.7 Å². The largest absolute Gasteiger partial charge is 0.457 e. The number of thiazole rings is 1. The highest BCUT2D eigenvalue weighted by Gasteiger charge is 2.25. The molecule has 4 aromatic rings. The SMILES string of the molecule is CCN(CC)CCN(C(=O)c1ccccc1Oc1ccccc1)c1nc2cc(C)cc(C)c2s1. The summed E-state index contributed by atoms with van der Waals surface area (Å²) < 4.78 is 7.22. The van der Waals surface area contributed by atoms with Crippen LogP contribution in [0.1, 0.15) is 35.3 Å². The first-order chi connectivity index (χ1) is 16.5. The van der Waals surface area contributed by atoms with Gasteiger partial charge in [-0.2, -0.15) is 0 Å². The topological polar surface area (TPSA) is 45.7 Å². The molecule has 0 aliphatic rings. The fourth-order valence-corrected chi connectivity index (χ4v) is 5.08. The summed E-state index contributed by atoms with van der Waals surface area (Å²) in [7, 11) is 0. The van der Waals surface area contributed by atoms with Crippen molar-refractivity contribution in [3.63, 3.8) is 0 Å². The lowest BCUT2D eigenvalue weighted by molar-refractivity contribution is 0.0981. The summed E-state index contributed by atoms with van der Waals surface area (Å²) >= 11 is 1.58. The Bertz CT molecular complexity index is 1270. The van der Waals surface area contributed by atoms with E-state index in [1.165, 1.54) is 11.1 Å². The zero-order valence-electron chi connectivity index (χ0n) is 20.2. The first-order valence-electron chi connectivity index (χ1n) is 11.7. The molecule has 0 saturated carbocycles. The molecule has 176 valence electrons. The normalized spacial score (nSPS) is 11.2. The van der Waals surface area contributed by atoms with Gasteiger partial charge in [-0.05, 0) is 68.4 Å². The van der Waals surface area contributed by atoms with Gasteiger partial charge in [0.15, 0.2) is 5.13 Å². The van der Waals surface area contributed by atoms with E-state index in [1.807, 2.05) is 59.5 Å². The van der Waals surface area contributed by atoms with Gasteiger partial charge in [0.25, 0.3) is 5.91 Å². The first kappa shape index (κ1) is 23.9. The summed E-state index contributed by atoms with van der Waals surface area (Å²) in [4.78, 5) is 23.0. The van der Waals surface area contributed by atoms with Crippen LogP contribution in [0.25, 0.3) is 10.2 Å². The van der Waals surface area contributed by atoms with E-state index < -0.39 is 0 Å². The second kappa shape index (κ2) is 10.8. The fraction of sp³-hybridized carbons (Fsp3) is 0.286. The molecule has 0 bridgehead atoms. The number of para-hydroxylation sites is 2. The lowest BCUT2D eigenvalue weighted by Gasteiger charge is -2.25. The highest BCUT2D eigenvalue weighted by atomic mass is 32.1. The van der Waals surface area contributed by atoms with E-state index in [9.17, 15) is 4.79 Å². The van der Waals surface area contributed by atoms with Crippen molar-refractivity contribution in [2.24, 2.45) is 0 Å². The second-order valence-electron chi connectivity index (χ2n) is 8.32. The zero-order chi connectivity index (χ0) is 24.1. The molecule has 0 aliphatic heterocycles. The highest BCUT2D eigenvalue weighted by Crippen LogP contribution is 2.34. The summed E-state index contributed by atoms with van der Waals surface area (Å²) in [5.41, 5.74) is 3.82. The number of anilines is 1. The average Bonchev–Trinajstić information content (AvgIpc) is 3.26. The number of rotatable bonds is 9. The molecule has 6 heteroatoms. The van der Waals surface area contributed by atoms with Crippen LogP contribution in [0.15, 0.2) is 66.7 Å². The molecule has 34 heavy (non-hydrogen) atoms. The van der Waals surface area contributed by atoms with Crippen LogP contribution < -0.4 is 9.64 Å². The molecular formula is C28H31N3O2S. The highest BCUT2D eigenvalue weighted by molar-refractivity contribution is 7.22. The van der Waals surface area contributed by atoms with Crippen molar-refractivity contribution >= 4 is 32.6 Å². The molecule has 0 radical (unpaired) electrons. The van der Waals surface area contributed by atoms with Crippen LogP contribution in [0.4, 0.5) is 5.13 Å². The van der Waals surface area contributed by atoms with Crippen LogP contribution in [0.2, 0.25) is 0 Å². The Kier molecular flexibility index (Phi) is 7.60. The molecule has 5 nitrogen and oxygen atoms in total. The lowest BCUT2D eigenvalue weighted by Crippen LogP contribution is -2.39. The first-order valence-corrected chi connectivity index (χ1v) is 12.6. The average molecular weight is 474 g/mol. The summed E-state index contributed by atoms with van der Waals surface area (Å²) in [6.07, 6.45) is 0. The van der Waals surface area contributed by atoms with Gasteiger partial charge < -0.3 is 9.64 Å². The molecule has 0 N–H and O–H groups in total. The van der Waals surface area contributed by atoms with Gasteiger partial charge in [-0.1, -0.05) is 61.6 Å². The standard InChI is InChI=1S/C28H31N3O2S/c1-5-30(6-2)16-17-31(28-29-24-19-20(3)18-21(4)26(24)34-28)27(32)23-14-10-11-15-25(23)33-22-12-8-7-9-13-22/h7-15,18-19H,5-6,16-17H2,1-4H3. The number of carbonyl (C=O) groups excluding carboxylic acids is 1. The van der Waals surface area contributed by atoms with Crippen molar-refractivity contribution in [3.8, 4) is 11.5 Å². The van der Waals surface area contributed by atoms with Crippen LogP contribution in [0, 0.1) is 13.8 Å². The van der Waals surface area contributed by atoms with Crippen LogP contribution in [0.5, 0.6) is 11.5 Å². The third-order valence-corrected chi connectivity index (χ3v) is 7.14. The van der Waals surface area contributed by atoms with Gasteiger partial charge >= 0.3 is 0 Å². The molecule has 0 atom stereocenters. The number of benzene rings is 3. The quantitative estimate of drug-likeness (QED) is 0.272. The van der Waals surface area contributed by atoms with Gasteiger partial charge in [-0.15, -0.1) is 0 Å². The van der Waals surface area contributed by atoms with Gasteiger partial charge in [-0.25, -0.2) is 4.98 Å². The third-order valence-electron chi connectivity index (χ3n) is 5.91. The number of amides is 1. The smallest absolute Gasteiger partial charge is 0.263 e. The van der Waals surface area contributed by atoms with Crippen LogP contribution in [0.3, 0.4) is 0 Å². The number of nitrogens with zero attached hydrogens (tertiary/aromatic N) is 3. The molecule has 0 spiro atoms. The van der Waals surface area contributed by atoms with Crippen molar-refractivity contribution in [1.29, 1.82) is 0 Å². The maximum atomic E-state index is 14.0. The van der Waals surface area contributed by atoms with Gasteiger partial charge in [0, 0.05) is 13.1 Å². The molecule has 1 amide bonds. The van der Waals surface area contributed by atoms with Crippen LogP contribution in [-0.4, -0.2) is 42.0 Å². The van der Waals surface area contributed by atoms with E-state index >= 15 is 0 Å². The molecule has 0 saturated heterocycles. The van der Waals surface area contributed by atoms with Gasteiger partial charge in [0.1, 0.15) is 11.5 Å². The summed E-state index contributed by atoms with van der Waals surface area (Å²) in [5, 5.41) is 0.718. The van der Waals surface area contributed by atoms with Crippen LogP contribution >= 0.6 is 11.3 Å². The number of likely N-dealkylation sites (N-methyl/N-ethyl adjacent to an activating group) is 1. The Morgan fingerprint density at radius 1 is 0.941 bits per heavy atom. The number of aryl methyl sites for hydroxylation is 2. The minimum atomic E-state index is -0.105. The minimum Gasteiger partial charge on any atom is -0.457 e. The molecule has 4 rings (SSSR count). The number of aromatic nitrogens is 1. The Hall–Kier alpha value is -3.22. The number of fused-ring (bicyclic) bond motifs is 1. The van der Waals surface area contributed by atoms with Gasteiger partial charge in [0.05, 0.1) is 15.8 Å². The molecular weight excluding hydrogens is 442 g/mol. The predicted molar refractivity (Wildman–Crippen MR) is 142 cm³/mol. The fourth-order valence-electron chi connectivity index (χ4n) is 4.04. The Morgan fingerprint density at radius 2 is 1.65 bits per heavy atom. The van der Waals surface area contributed by atoms with Crippen LogP contribution in [-0.2, 0) is 0 Å². The van der Waals surface area contributed by atoms with Gasteiger partial charge in [0.2, 0.25) is 0 Å². The van der Waals surface area contributed by atoms with E-state index in [4.69, 9.17) is 9.72 Å². The molecule has 0 unspecified atom stereocenters. The number of ether oxygens (including phenoxy) is 1. The Balaban J connectivity index is 1.72. The number of carbonyl (C=O) groups is 1. The maximum Gasteiger partial charge on any atom is 0.263 e. The Labute approximate surface area is 205 Å². The summed E-state index contributed by atoms with van der Waals surface area (Å²) in [6, 6.07) is 21.2. The van der Waals surface area contributed by atoms with E-state index in [0.717, 1.165) is 35.0 Å². The molecule has 0 aliphatic carbocycles. The third kappa shape index (κ3) is 5.29. The Morgan fingerprint density at radius 3 is 2.38 bits per heavy atom. The molecule has 0 fully saturated rings. The van der Waals surface area contributed by atoms with Crippen molar-refractivity contribution in [2.75, 3.05) is 31.1 Å². The zero-order valence-corrected chi connectivity index (χ0v) is 21.1. The van der Waals surface area contributed by atoms with Crippen molar-refractivity contribution in [1.82, 2.24) is 9.88 Å². The van der Waals surface area contributed by atoms with E-state index in [2.05, 4.69) is 44.7 Å². The van der Waals surface area contributed by atoms with E-state index in [1.54, 1.807) is 11.3 Å². The van der Waals surface area contributed by atoms with E-state index in [0.29, 0.717) is 23.6 Å². The van der Waals surface area contributed by atoms with E-state index in [-0.39, 0.29) is 5.91 Å². The maximum absolute atomic E-state index is 14.0. The van der Waals surface area contributed by atoms with Crippen molar-refractivity contribution in [3.05, 3.63) is 83.4 Å². The monoisotopic (exact) mass is 473 g/mol. The number of hydrogen-bond donors (Lipinski definition) is 0. The summed E-state index contributed by atoms with van der Waals surface area (Å²) in [6.45, 7) is 11.7.